The number of imide groups is 1. The van der Waals surface area contributed by atoms with Crippen molar-refractivity contribution < 1.29 is 29.4 Å². The van der Waals surface area contributed by atoms with E-state index in [1.807, 2.05) is 0 Å². The summed E-state index contributed by atoms with van der Waals surface area (Å²) in [5.74, 6) is -5.95. The summed E-state index contributed by atoms with van der Waals surface area (Å²) < 4.78 is 0. The number of carboxylic acids is 2. The van der Waals surface area contributed by atoms with Gasteiger partial charge < -0.3 is 10.2 Å². The molecule has 0 aromatic heterocycles. The van der Waals surface area contributed by atoms with Crippen LogP contribution in [0.1, 0.15) is 18.4 Å². The van der Waals surface area contributed by atoms with Gasteiger partial charge in [-0.25, -0.2) is 0 Å². The molecular formula is C15H15NO6. The highest BCUT2D eigenvalue weighted by atomic mass is 16.4. The molecular weight excluding hydrogens is 290 g/mol. The first-order valence-electron chi connectivity index (χ1n) is 6.73. The second-order valence-electron chi connectivity index (χ2n) is 5.16. The Hall–Kier alpha value is -2.70. The van der Waals surface area contributed by atoms with Crippen molar-refractivity contribution in [3.8, 4) is 0 Å². The van der Waals surface area contributed by atoms with E-state index in [1.54, 1.807) is 30.3 Å². The van der Waals surface area contributed by atoms with Crippen molar-refractivity contribution in [2.24, 2.45) is 11.8 Å². The minimum Gasteiger partial charge on any atom is -0.481 e. The van der Waals surface area contributed by atoms with E-state index >= 15 is 0 Å². The summed E-state index contributed by atoms with van der Waals surface area (Å²) in [7, 11) is 0. The number of carboxylic acid groups (broad SMARTS) is 2. The van der Waals surface area contributed by atoms with Gasteiger partial charge >= 0.3 is 11.9 Å². The molecule has 2 N–H and O–H groups in total. The van der Waals surface area contributed by atoms with Gasteiger partial charge in [0.1, 0.15) is 0 Å². The SMILES string of the molecule is O=C(O)C[C@H]1C(=O)N(Cc2ccccc2)C(=O)[C@@H]1CC(=O)O. The number of carbonyl (C=O) groups excluding carboxylic acids is 2. The summed E-state index contributed by atoms with van der Waals surface area (Å²) in [6, 6.07) is 8.76. The molecule has 1 aliphatic rings. The molecule has 1 fully saturated rings. The maximum absolute atomic E-state index is 12.3. The molecule has 1 heterocycles. The first-order valence-corrected chi connectivity index (χ1v) is 6.73. The first kappa shape index (κ1) is 15.7. The van der Waals surface area contributed by atoms with Gasteiger partial charge in [0.2, 0.25) is 11.8 Å². The van der Waals surface area contributed by atoms with Gasteiger partial charge in [0.25, 0.3) is 0 Å². The summed E-state index contributed by atoms with van der Waals surface area (Å²) in [5.41, 5.74) is 0.717. The number of aliphatic carboxylic acids is 2. The fraction of sp³-hybridized carbons (Fsp3) is 0.333. The van der Waals surface area contributed by atoms with Crippen LogP contribution in [0.4, 0.5) is 0 Å². The Kier molecular flexibility index (Phi) is 4.55. The van der Waals surface area contributed by atoms with Crippen molar-refractivity contribution in [2.75, 3.05) is 0 Å². The third kappa shape index (κ3) is 3.30. The highest BCUT2D eigenvalue weighted by Crippen LogP contribution is 2.32. The van der Waals surface area contributed by atoms with Crippen LogP contribution < -0.4 is 0 Å². The van der Waals surface area contributed by atoms with Crippen LogP contribution in [0, 0.1) is 11.8 Å². The fourth-order valence-corrected chi connectivity index (χ4v) is 2.61. The zero-order chi connectivity index (χ0) is 16.3. The summed E-state index contributed by atoms with van der Waals surface area (Å²) in [6.45, 7) is 0.0186. The van der Waals surface area contributed by atoms with Crippen LogP contribution in [-0.2, 0) is 25.7 Å². The van der Waals surface area contributed by atoms with Crippen LogP contribution in [0.2, 0.25) is 0 Å². The van der Waals surface area contributed by atoms with Crippen molar-refractivity contribution in [3.05, 3.63) is 35.9 Å². The third-order valence-electron chi connectivity index (χ3n) is 3.62. The van der Waals surface area contributed by atoms with Crippen LogP contribution in [0.15, 0.2) is 30.3 Å². The average Bonchev–Trinajstić information content (AvgIpc) is 2.65. The number of carbonyl (C=O) groups is 4. The second-order valence-corrected chi connectivity index (χ2v) is 5.16. The molecule has 0 aliphatic carbocycles. The highest BCUT2D eigenvalue weighted by Gasteiger charge is 2.48. The molecule has 2 atom stereocenters. The van der Waals surface area contributed by atoms with Gasteiger partial charge in [-0.15, -0.1) is 0 Å². The van der Waals surface area contributed by atoms with E-state index in [0.717, 1.165) is 4.90 Å². The number of likely N-dealkylation sites (tertiary alicyclic amines) is 1. The number of amides is 2. The van der Waals surface area contributed by atoms with Crippen LogP contribution in [0.25, 0.3) is 0 Å². The molecule has 1 aromatic carbocycles. The van der Waals surface area contributed by atoms with Crippen molar-refractivity contribution in [2.45, 2.75) is 19.4 Å². The second kappa shape index (κ2) is 6.38. The molecule has 0 bridgehead atoms. The Bertz CT molecular complexity index is 578. The molecule has 7 heteroatoms. The molecule has 2 amide bonds. The van der Waals surface area contributed by atoms with E-state index in [0.29, 0.717) is 5.56 Å². The standard InChI is InChI=1S/C15H15NO6/c17-12(18)6-10-11(7-13(19)20)15(22)16(14(10)21)8-9-4-2-1-3-5-9/h1-5,10-11H,6-8H2,(H,17,18)(H,19,20)/t10-,11-/m1/s1. The van der Waals surface area contributed by atoms with E-state index < -0.39 is 48.4 Å². The quantitative estimate of drug-likeness (QED) is 0.750. The lowest BCUT2D eigenvalue weighted by atomic mass is 9.89. The van der Waals surface area contributed by atoms with Gasteiger partial charge in [-0.05, 0) is 5.56 Å². The molecule has 1 aliphatic heterocycles. The van der Waals surface area contributed by atoms with E-state index in [-0.39, 0.29) is 6.54 Å². The molecule has 2 rings (SSSR count). The molecule has 0 spiro atoms. The predicted molar refractivity (Wildman–Crippen MR) is 73.5 cm³/mol. The van der Waals surface area contributed by atoms with Gasteiger partial charge in [-0.2, -0.15) is 0 Å². The predicted octanol–water partition coefficient (Wildman–Crippen LogP) is 0.737. The van der Waals surface area contributed by atoms with Gasteiger partial charge in [0.15, 0.2) is 0 Å². The number of nitrogens with zero attached hydrogens (tertiary/aromatic N) is 1. The van der Waals surface area contributed by atoms with Gasteiger partial charge in [-0.3, -0.25) is 24.1 Å². The smallest absolute Gasteiger partial charge is 0.304 e. The van der Waals surface area contributed by atoms with Crippen LogP contribution >= 0.6 is 0 Å². The minimum atomic E-state index is -1.23. The molecule has 0 radical (unpaired) electrons. The van der Waals surface area contributed by atoms with E-state index in [9.17, 15) is 19.2 Å². The average molecular weight is 305 g/mol. The van der Waals surface area contributed by atoms with Crippen molar-refractivity contribution in [3.63, 3.8) is 0 Å². The van der Waals surface area contributed by atoms with E-state index in [4.69, 9.17) is 10.2 Å². The Balaban J connectivity index is 2.24. The van der Waals surface area contributed by atoms with Crippen LogP contribution in [-0.4, -0.2) is 38.9 Å². The summed E-state index contributed by atoms with van der Waals surface area (Å²) >= 11 is 0. The molecule has 116 valence electrons. The zero-order valence-electron chi connectivity index (χ0n) is 11.6. The maximum Gasteiger partial charge on any atom is 0.304 e. The number of rotatable bonds is 6. The molecule has 1 aromatic rings. The highest BCUT2D eigenvalue weighted by molar-refractivity contribution is 6.07. The summed E-state index contributed by atoms with van der Waals surface area (Å²) in [6.07, 6.45) is -1.10. The zero-order valence-corrected chi connectivity index (χ0v) is 11.6. The number of hydrogen-bond acceptors (Lipinski definition) is 4. The Morgan fingerprint density at radius 3 is 1.77 bits per heavy atom. The van der Waals surface area contributed by atoms with Crippen molar-refractivity contribution >= 4 is 23.8 Å². The lowest BCUT2D eigenvalue weighted by Gasteiger charge is -2.14. The monoisotopic (exact) mass is 305 g/mol. The topological polar surface area (TPSA) is 112 Å². The largest absolute Gasteiger partial charge is 0.481 e. The third-order valence-corrected chi connectivity index (χ3v) is 3.62. The van der Waals surface area contributed by atoms with Crippen LogP contribution in [0.5, 0.6) is 0 Å². The van der Waals surface area contributed by atoms with Gasteiger partial charge in [-0.1, -0.05) is 30.3 Å². The molecule has 1 saturated heterocycles. The lowest BCUT2D eigenvalue weighted by molar-refractivity contribution is -0.144. The molecule has 0 unspecified atom stereocenters. The maximum atomic E-state index is 12.3. The number of hydrogen-bond donors (Lipinski definition) is 2. The van der Waals surface area contributed by atoms with Gasteiger partial charge in [0, 0.05) is 0 Å². The molecule has 22 heavy (non-hydrogen) atoms. The normalized spacial score (nSPS) is 21.2. The first-order chi connectivity index (χ1) is 10.4. The fourth-order valence-electron chi connectivity index (χ4n) is 2.61. The summed E-state index contributed by atoms with van der Waals surface area (Å²) in [5, 5.41) is 17.8. The molecule has 0 saturated carbocycles. The van der Waals surface area contributed by atoms with Crippen LogP contribution in [0.3, 0.4) is 0 Å². The van der Waals surface area contributed by atoms with E-state index in [2.05, 4.69) is 0 Å². The van der Waals surface area contributed by atoms with Gasteiger partial charge in [0.05, 0.1) is 31.2 Å². The van der Waals surface area contributed by atoms with Crippen molar-refractivity contribution in [1.29, 1.82) is 0 Å². The number of benzene rings is 1. The lowest BCUT2D eigenvalue weighted by Crippen LogP contribution is -2.31. The Morgan fingerprint density at radius 2 is 1.36 bits per heavy atom. The van der Waals surface area contributed by atoms with Crippen molar-refractivity contribution in [1.82, 2.24) is 4.90 Å². The summed E-state index contributed by atoms with van der Waals surface area (Å²) in [4.78, 5) is 47.3. The molecule has 7 nitrogen and oxygen atoms in total. The Morgan fingerprint density at radius 1 is 0.909 bits per heavy atom. The van der Waals surface area contributed by atoms with E-state index in [1.165, 1.54) is 0 Å². The minimum absolute atomic E-state index is 0.0186. The Labute approximate surface area is 126 Å².